The number of rotatable bonds is 2. The summed E-state index contributed by atoms with van der Waals surface area (Å²) in [4.78, 5) is 23.5. The molecular weight excluding hydrogens is 280 g/mol. The highest BCUT2D eigenvalue weighted by molar-refractivity contribution is 6.45. The molecule has 0 aromatic heterocycles. The molecule has 3 aromatic carbocycles. The maximum Gasteiger partial charge on any atom is 0.385 e. The van der Waals surface area contributed by atoms with Crippen molar-refractivity contribution in [2.24, 2.45) is 0 Å². The van der Waals surface area contributed by atoms with E-state index in [0.29, 0.717) is 28.2 Å². The van der Waals surface area contributed by atoms with Gasteiger partial charge in [0.15, 0.2) is 0 Å². The molecule has 0 saturated carbocycles. The zero-order chi connectivity index (χ0) is 15.1. The number of hydrogen-bond acceptors (Lipinski definition) is 4. The van der Waals surface area contributed by atoms with E-state index in [2.05, 4.69) is 0 Å². The van der Waals surface area contributed by atoms with E-state index in [1.54, 1.807) is 24.3 Å². The molecule has 0 unspecified atom stereocenters. The van der Waals surface area contributed by atoms with Crippen molar-refractivity contribution in [2.45, 2.75) is 0 Å². The third-order valence-corrected chi connectivity index (χ3v) is 3.57. The Balaban J connectivity index is 1.92. The number of ether oxygens (including phenoxy) is 2. The fourth-order valence-corrected chi connectivity index (χ4v) is 2.58. The molecule has 1 aliphatic rings. The standard InChI is InChI=1S/C18H10O4/c19-17-13-8-4-7-12-14(21-11-5-2-1-3-6-11)9-10-15(16(12)13)22-18(17)20/h1-10H. The largest absolute Gasteiger partial charge is 0.457 e. The van der Waals surface area contributed by atoms with Gasteiger partial charge in [-0.25, -0.2) is 4.79 Å². The number of para-hydroxylation sites is 1. The molecule has 1 aliphatic heterocycles. The van der Waals surface area contributed by atoms with Crippen LogP contribution in [0, 0.1) is 0 Å². The van der Waals surface area contributed by atoms with Gasteiger partial charge >= 0.3 is 5.97 Å². The van der Waals surface area contributed by atoms with Crippen LogP contribution >= 0.6 is 0 Å². The van der Waals surface area contributed by atoms with Crippen LogP contribution in [0.25, 0.3) is 10.8 Å². The zero-order valence-electron chi connectivity index (χ0n) is 11.4. The van der Waals surface area contributed by atoms with Crippen molar-refractivity contribution in [1.82, 2.24) is 0 Å². The molecule has 106 valence electrons. The molecule has 0 fully saturated rings. The van der Waals surface area contributed by atoms with Crippen LogP contribution in [0.1, 0.15) is 10.4 Å². The molecule has 0 atom stereocenters. The maximum absolute atomic E-state index is 12.0. The first kappa shape index (κ1) is 12.6. The Labute approximate surface area is 125 Å². The summed E-state index contributed by atoms with van der Waals surface area (Å²) in [5, 5.41) is 1.35. The van der Waals surface area contributed by atoms with Crippen LogP contribution in [-0.4, -0.2) is 11.8 Å². The van der Waals surface area contributed by atoms with Gasteiger partial charge in [-0.3, -0.25) is 4.79 Å². The summed E-state index contributed by atoms with van der Waals surface area (Å²) in [6.07, 6.45) is 0. The lowest BCUT2D eigenvalue weighted by Crippen LogP contribution is -2.24. The second-order valence-corrected chi connectivity index (χ2v) is 4.92. The normalized spacial score (nSPS) is 13.1. The number of esters is 1. The molecule has 1 heterocycles. The number of hydrogen-bond donors (Lipinski definition) is 0. The van der Waals surface area contributed by atoms with Crippen LogP contribution in [0.15, 0.2) is 60.7 Å². The first-order valence-corrected chi connectivity index (χ1v) is 6.79. The summed E-state index contributed by atoms with van der Waals surface area (Å²) >= 11 is 0. The van der Waals surface area contributed by atoms with Gasteiger partial charge in [0.2, 0.25) is 0 Å². The minimum atomic E-state index is -0.850. The minimum Gasteiger partial charge on any atom is -0.457 e. The molecule has 4 heteroatoms. The summed E-state index contributed by atoms with van der Waals surface area (Å²) in [7, 11) is 0. The Morgan fingerprint density at radius 3 is 2.45 bits per heavy atom. The Morgan fingerprint density at radius 2 is 1.64 bits per heavy atom. The van der Waals surface area contributed by atoms with E-state index in [1.165, 1.54) is 0 Å². The Bertz CT molecular complexity index is 913. The van der Waals surface area contributed by atoms with Gasteiger partial charge in [0.25, 0.3) is 5.78 Å². The predicted molar refractivity (Wildman–Crippen MR) is 80.4 cm³/mol. The molecule has 0 radical (unpaired) electrons. The number of benzene rings is 3. The van der Waals surface area contributed by atoms with Gasteiger partial charge in [0.05, 0.1) is 0 Å². The van der Waals surface area contributed by atoms with E-state index in [4.69, 9.17) is 9.47 Å². The topological polar surface area (TPSA) is 52.6 Å². The molecule has 0 bridgehead atoms. The maximum atomic E-state index is 12.0. The average Bonchev–Trinajstić information content (AvgIpc) is 2.56. The molecule has 0 saturated heterocycles. The van der Waals surface area contributed by atoms with E-state index >= 15 is 0 Å². The van der Waals surface area contributed by atoms with Crippen LogP contribution in [0.4, 0.5) is 0 Å². The summed E-state index contributed by atoms with van der Waals surface area (Å²) in [6.45, 7) is 0. The van der Waals surface area contributed by atoms with Crippen LogP contribution in [0.2, 0.25) is 0 Å². The highest BCUT2D eigenvalue weighted by Crippen LogP contribution is 2.39. The molecule has 4 nitrogen and oxygen atoms in total. The molecule has 0 N–H and O–H groups in total. The van der Waals surface area contributed by atoms with Crippen molar-refractivity contribution >= 4 is 22.5 Å². The lowest BCUT2D eigenvalue weighted by Gasteiger charge is -2.17. The number of ketones is 1. The minimum absolute atomic E-state index is 0.349. The van der Waals surface area contributed by atoms with Gasteiger partial charge in [0.1, 0.15) is 17.2 Å². The molecule has 4 rings (SSSR count). The lowest BCUT2D eigenvalue weighted by atomic mass is 9.98. The highest BCUT2D eigenvalue weighted by Gasteiger charge is 2.29. The van der Waals surface area contributed by atoms with Crippen molar-refractivity contribution in [3.05, 3.63) is 66.2 Å². The Hall–Kier alpha value is -3.14. The molecule has 22 heavy (non-hydrogen) atoms. The summed E-state index contributed by atoms with van der Waals surface area (Å²) in [5.74, 6) is 0.210. The second-order valence-electron chi connectivity index (χ2n) is 4.92. The van der Waals surface area contributed by atoms with Gasteiger partial charge in [-0.1, -0.05) is 30.3 Å². The van der Waals surface area contributed by atoms with E-state index in [-0.39, 0.29) is 0 Å². The first-order chi connectivity index (χ1) is 10.7. The fourth-order valence-electron chi connectivity index (χ4n) is 2.58. The van der Waals surface area contributed by atoms with Crippen LogP contribution in [0.5, 0.6) is 17.2 Å². The summed E-state index contributed by atoms with van der Waals surface area (Å²) in [5.41, 5.74) is 0.349. The number of Topliss-reactive ketones (excluding diaryl/α,β-unsaturated/α-hetero) is 1. The monoisotopic (exact) mass is 290 g/mol. The van der Waals surface area contributed by atoms with Crippen LogP contribution < -0.4 is 9.47 Å². The van der Waals surface area contributed by atoms with Crippen molar-refractivity contribution in [3.8, 4) is 17.2 Å². The zero-order valence-corrected chi connectivity index (χ0v) is 11.4. The van der Waals surface area contributed by atoms with Crippen molar-refractivity contribution in [1.29, 1.82) is 0 Å². The average molecular weight is 290 g/mol. The summed E-state index contributed by atoms with van der Waals surface area (Å²) < 4.78 is 11.0. The summed E-state index contributed by atoms with van der Waals surface area (Å²) in [6, 6.07) is 17.9. The predicted octanol–water partition coefficient (Wildman–Crippen LogP) is 3.73. The Kier molecular flexibility index (Phi) is 2.69. The lowest BCUT2D eigenvalue weighted by molar-refractivity contribution is -0.129. The second kappa shape index (κ2) is 4.70. The SMILES string of the molecule is O=C1Oc2ccc(Oc3ccccc3)c3cccc(c23)C1=O. The van der Waals surface area contributed by atoms with Gasteiger partial charge in [-0.15, -0.1) is 0 Å². The van der Waals surface area contributed by atoms with Gasteiger partial charge < -0.3 is 9.47 Å². The van der Waals surface area contributed by atoms with E-state index in [9.17, 15) is 9.59 Å². The van der Waals surface area contributed by atoms with Crippen molar-refractivity contribution in [2.75, 3.05) is 0 Å². The molecule has 3 aromatic rings. The van der Waals surface area contributed by atoms with E-state index in [0.717, 1.165) is 5.39 Å². The van der Waals surface area contributed by atoms with Gasteiger partial charge in [0, 0.05) is 16.3 Å². The first-order valence-electron chi connectivity index (χ1n) is 6.79. The van der Waals surface area contributed by atoms with Crippen molar-refractivity contribution in [3.63, 3.8) is 0 Å². The third kappa shape index (κ3) is 1.85. The quantitative estimate of drug-likeness (QED) is 0.410. The number of carbonyl (C=O) groups excluding carboxylic acids is 2. The van der Waals surface area contributed by atoms with E-state index in [1.807, 2.05) is 36.4 Å². The van der Waals surface area contributed by atoms with E-state index < -0.39 is 11.8 Å². The molecular formula is C18H10O4. The molecule has 0 spiro atoms. The fraction of sp³-hybridized carbons (Fsp3) is 0. The third-order valence-electron chi connectivity index (χ3n) is 3.57. The van der Waals surface area contributed by atoms with Gasteiger partial charge in [-0.2, -0.15) is 0 Å². The molecule has 0 amide bonds. The van der Waals surface area contributed by atoms with Gasteiger partial charge in [-0.05, 0) is 30.3 Å². The number of carbonyl (C=O) groups is 2. The highest BCUT2D eigenvalue weighted by atomic mass is 16.5. The smallest absolute Gasteiger partial charge is 0.385 e. The Morgan fingerprint density at radius 1 is 0.818 bits per heavy atom. The molecule has 0 aliphatic carbocycles. The van der Waals surface area contributed by atoms with Crippen LogP contribution in [0.3, 0.4) is 0 Å². The van der Waals surface area contributed by atoms with Crippen molar-refractivity contribution < 1.29 is 19.1 Å². The van der Waals surface area contributed by atoms with Crippen LogP contribution in [-0.2, 0) is 4.79 Å².